The minimum atomic E-state index is -0.677. The van der Waals surface area contributed by atoms with Crippen LogP contribution in [-0.2, 0) is 4.79 Å². The molecule has 0 bridgehead atoms. The average Bonchev–Trinajstić information content (AvgIpc) is 2.45. The van der Waals surface area contributed by atoms with Crippen molar-refractivity contribution >= 4 is 5.91 Å². The molecule has 0 aromatic carbocycles. The summed E-state index contributed by atoms with van der Waals surface area (Å²) in [5, 5.41) is 13.0. The van der Waals surface area contributed by atoms with Gasteiger partial charge >= 0.3 is 0 Å². The summed E-state index contributed by atoms with van der Waals surface area (Å²) in [6.07, 6.45) is 6.74. The lowest BCUT2D eigenvalue weighted by molar-refractivity contribution is -0.118. The maximum absolute atomic E-state index is 11.8. The highest BCUT2D eigenvalue weighted by Crippen LogP contribution is 2.28. The van der Waals surface area contributed by atoms with Crippen LogP contribution >= 0.6 is 0 Å². The Hall–Kier alpha value is -0.870. The summed E-state index contributed by atoms with van der Waals surface area (Å²) in [5.41, 5.74) is 6.51. The number of aliphatic hydroxyl groups is 1. The van der Waals surface area contributed by atoms with Crippen molar-refractivity contribution < 1.29 is 9.90 Å². The highest BCUT2D eigenvalue weighted by molar-refractivity contribution is 5.92. The number of hydrogen-bond acceptors (Lipinski definition) is 3. The van der Waals surface area contributed by atoms with Crippen LogP contribution in [0.15, 0.2) is 12.2 Å². The molecule has 122 valence electrons. The zero-order valence-corrected chi connectivity index (χ0v) is 13.6. The number of hydrogen-bond donors (Lipinski definition) is 3. The molecule has 1 saturated carbocycles. The molecule has 0 radical (unpaired) electrons. The average molecular weight is 296 g/mol. The second-order valence-corrected chi connectivity index (χ2v) is 6.88. The van der Waals surface area contributed by atoms with Crippen LogP contribution in [0.3, 0.4) is 0 Å². The smallest absolute Gasteiger partial charge is 0.246 e. The quantitative estimate of drug-likeness (QED) is 0.602. The fraction of sp³-hybridized carbons (Fsp3) is 0.824. The molecular weight excluding hydrogens is 264 g/mol. The van der Waals surface area contributed by atoms with Crippen molar-refractivity contribution in [3.63, 3.8) is 0 Å². The molecule has 0 aromatic rings. The standard InChI is InChI=1S/C17H32N2O2/c1-12(2)11-19-17(21)13(3)9-16(20)15(18)10-14-7-5-4-6-8-14/h12,14-16,20H,3-11,18H2,1-2H3,(H,19,21)/t15?,16-/m0/s1. The molecule has 1 aliphatic rings. The predicted octanol–water partition coefficient (Wildman–Crippen LogP) is 2.36. The molecule has 0 aliphatic heterocycles. The van der Waals surface area contributed by atoms with Crippen molar-refractivity contribution in [2.45, 2.75) is 70.9 Å². The van der Waals surface area contributed by atoms with Crippen LogP contribution in [0, 0.1) is 11.8 Å². The van der Waals surface area contributed by atoms with Crippen molar-refractivity contribution in [1.29, 1.82) is 0 Å². The molecule has 21 heavy (non-hydrogen) atoms. The van der Waals surface area contributed by atoms with Gasteiger partial charge in [0.05, 0.1) is 6.10 Å². The summed E-state index contributed by atoms with van der Waals surface area (Å²) in [6.45, 7) is 8.48. The summed E-state index contributed by atoms with van der Waals surface area (Å²) in [6, 6.07) is -0.261. The van der Waals surface area contributed by atoms with Gasteiger partial charge in [0, 0.05) is 24.6 Å². The van der Waals surface area contributed by atoms with Gasteiger partial charge in [0.25, 0.3) is 0 Å². The highest BCUT2D eigenvalue weighted by atomic mass is 16.3. The van der Waals surface area contributed by atoms with E-state index in [1.54, 1.807) is 0 Å². The van der Waals surface area contributed by atoms with Gasteiger partial charge in [-0.1, -0.05) is 52.5 Å². The number of carbonyl (C=O) groups excluding carboxylic acids is 1. The first-order valence-corrected chi connectivity index (χ1v) is 8.29. The Morgan fingerprint density at radius 2 is 1.95 bits per heavy atom. The van der Waals surface area contributed by atoms with E-state index in [0.29, 0.717) is 24.0 Å². The van der Waals surface area contributed by atoms with Crippen LogP contribution in [0.25, 0.3) is 0 Å². The van der Waals surface area contributed by atoms with Crippen molar-refractivity contribution in [2.24, 2.45) is 17.6 Å². The lowest BCUT2D eigenvalue weighted by Gasteiger charge is -2.27. The fourth-order valence-electron chi connectivity index (χ4n) is 2.88. The lowest BCUT2D eigenvalue weighted by Crippen LogP contribution is -2.38. The second-order valence-electron chi connectivity index (χ2n) is 6.88. The molecule has 0 saturated heterocycles. The number of amides is 1. The molecular formula is C17H32N2O2. The third-order valence-electron chi connectivity index (χ3n) is 4.27. The van der Waals surface area contributed by atoms with Crippen LogP contribution in [0.4, 0.5) is 0 Å². The molecule has 4 heteroatoms. The van der Waals surface area contributed by atoms with E-state index in [1.165, 1.54) is 32.1 Å². The summed E-state index contributed by atoms with van der Waals surface area (Å²) < 4.78 is 0. The van der Waals surface area contributed by atoms with Crippen molar-refractivity contribution in [2.75, 3.05) is 6.54 Å². The highest BCUT2D eigenvalue weighted by Gasteiger charge is 2.23. The third kappa shape index (κ3) is 7.09. The number of rotatable bonds is 8. The van der Waals surface area contributed by atoms with Gasteiger partial charge in [-0.05, 0) is 18.3 Å². The molecule has 4 nitrogen and oxygen atoms in total. The number of nitrogens with one attached hydrogen (secondary N) is 1. The van der Waals surface area contributed by atoms with Gasteiger partial charge in [-0.3, -0.25) is 4.79 Å². The maximum atomic E-state index is 11.8. The summed E-state index contributed by atoms with van der Waals surface area (Å²) in [7, 11) is 0. The first kappa shape index (κ1) is 18.2. The van der Waals surface area contributed by atoms with Gasteiger partial charge in [-0.25, -0.2) is 0 Å². The van der Waals surface area contributed by atoms with Gasteiger partial charge in [-0.15, -0.1) is 0 Å². The van der Waals surface area contributed by atoms with Gasteiger partial charge < -0.3 is 16.2 Å². The molecule has 0 aromatic heterocycles. The fourth-order valence-corrected chi connectivity index (χ4v) is 2.88. The molecule has 2 atom stereocenters. The third-order valence-corrected chi connectivity index (χ3v) is 4.27. The molecule has 1 amide bonds. The Morgan fingerprint density at radius 3 is 2.52 bits per heavy atom. The van der Waals surface area contributed by atoms with Crippen molar-refractivity contribution in [3.8, 4) is 0 Å². The van der Waals surface area contributed by atoms with Crippen LogP contribution < -0.4 is 11.1 Å². The maximum Gasteiger partial charge on any atom is 0.246 e. The Labute approximate surface area is 129 Å². The normalized spacial score (nSPS) is 19.3. The molecule has 1 rings (SSSR count). The van der Waals surface area contributed by atoms with Crippen LogP contribution in [0.2, 0.25) is 0 Å². The Morgan fingerprint density at radius 1 is 1.33 bits per heavy atom. The summed E-state index contributed by atoms with van der Waals surface area (Å²) in [5.74, 6) is 0.860. The zero-order chi connectivity index (χ0) is 15.8. The van der Waals surface area contributed by atoms with E-state index in [9.17, 15) is 9.90 Å². The molecule has 1 aliphatic carbocycles. The Bertz CT molecular complexity index is 336. The van der Waals surface area contributed by atoms with Crippen LogP contribution in [0.1, 0.15) is 58.8 Å². The first-order valence-electron chi connectivity index (χ1n) is 8.29. The van der Waals surface area contributed by atoms with Crippen LogP contribution in [0.5, 0.6) is 0 Å². The number of nitrogens with two attached hydrogens (primary N) is 1. The minimum absolute atomic E-state index is 0.174. The SMILES string of the molecule is C=C(C[C@H](O)C(N)CC1CCCCC1)C(=O)NCC(C)C. The molecule has 0 spiro atoms. The second kappa shape index (κ2) is 9.21. The molecule has 0 heterocycles. The van der Waals surface area contributed by atoms with Gasteiger partial charge in [-0.2, -0.15) is 0 Å². The van der Waals surface area contributed by atoms with E-state index < -0.39 is 6.10 Å². The molecule has 1 fully saturated rings. The number of aliphatic hydroxyl groups excluding tert-OH is 1. The first-order chi connectivity index (χ1) is 9.90. The van der Waals surface area contributed by atoms with Crippen LogP contribution in [-0.4, -0.2) is 29.7 Å². The predicted molar refractivity (Wildman–Crippen MR) is 86.8 cm³/mol. The topological polar surface area (TPSA) is 75.3 Å². The summed E-state index contributed by atoms with van der Waals surface area (Å²) >= 11 is 0. The van der Waals surface area contributed by atoms with Crippen molar-refractivity contribution in [3.05, 3.63) is 12.2 Å². The van der Waals surface area contributed by atoms with E-state index >= 15 is 0 Å². The lowest BCUT2D eigenvalue weighted by atomic mass is 9.83. The largest absolute Gasteiger partial charge is 0.391 e. The Kier molecular flexibility index (Phi) is 7.97. The van der Waals surface area contributed by atoms with E-state index in [4.69, 9.17) is 5.73 Å². The summed E-state index contributed by atoms with van der Waals surface area (Å²) in [4.78, 5) is 11.8. The molecule has 1 unspecified atom stereocenters. The zero-order valence-electron chi connectivity index (χ0n) is 13.6. The van der Waals surface area contributed by atoms with E-state index in [-0.39, 0.29) is 18.4 Å². The monoisotopic (exact) mass is 296 g/mol. The molecule has 4 N–H and O–H groups in total. The van der Waals surface area contributed by atoms with Gasteiger partial charge in [0.1, 0.15) is 0 Å². The van der Waals surface area contributed by atoms with E-state index in [0.717, 1.165) is 6.42 Å². The van der Waals surface area contributed by atoms with Gasteiger partial charge in [0.2, 0.25) is 5.91 Å². The van der Waals surface area contributed by atoms with E-state index in [1.807, 2.05) is 13.8 Å². The number of carbonyl (C=O) groups is 1. The van der Waals surface area contributed by atoms with Gasteiger partial charge in [0.15, 0.2) is 0 Å². The Balaban J connectivity index is 2.31. The van der Waals surface area contributed by atoms with E-state index in [2.05, 4.69) is 11.9 Å². The minimum Gasteiger partial charge on any atom is -0.391 e. The van der Waals surface area contributed by atoms with Crippen molar-refractivity contribution in [1.82, 2.24) is 5.32 Å².